The van der Waals surface area contributed by atoms with Crippen LogP contribution in [0.15, 0.2) is 54.9 Å². The molecule has 0 unspecified atom stereocenters. The zero-order valence-electron chi connectivity index (χ0n) is 14.5. The van der Waals surface area contributed by atoms with Gasteiger partial charge in [0.05, 0.1) is 18.8 Å². The normalized spacial score (nSPS) is 17.1. The third-order valence-electron chi connectivity index (χ3n) is 4.15. The van der Waals surface area contributed by atoms with Crippen molar-refractivity contribution in [3.05, 3.63) is 66.2 Å². The van der Waals surface area contributed by atoms with Crippen molar-refractivity contribution in [3.8, 4) is 0 Å². The van der Waals surface area contributed by atoms with E-state index < -0.39 is 0 Å². The third-order valence-corrected chi connectivity index (χ3v) is 4.15. The highest BCUT2D eigenvalue weighted by Crippen LogP contribution is 2.24. The van der Waals surface area contributed by atoms with Gasteiger partial charge in [0.25, 0.3) is 0 Å². The summed E-state index contributed by atoms with van der Waals surface area (Å²) in [6.07, 6.45) is 3.38. The molecule has 1 saturated heterocycles. The minimum absolute atomic E-state index is 0.125. The van der Waals surface area contributed by atoms with E-state index in [1.807, 2.05) is 49.4 Å². The second-order valence-corrected chi connectivity index (χ2v) is 6.09. The Labute approximate surface area is 152 Å². The van der Waals surface area contributed by atoms with Crippen LogP contribution >= 0.6 is 0 Å². The van der Waals surface area contributed by atoms with Crippen LogP contribution in [0.2, 0.25) is 0 Å². The van der Waals surface area contributed by atoms with Crippen molar-refractivity contribution in [1.82, 2.24) is 19.9 Å². The molecule has 0 aromatic carbocycles. The van der Waals surface area contributed by atoms with Crippen molar-refractivity contribution in [2.75, 3.05) is 29.9 Å². The molecule has 1 aliphatic rings. The van der Waals surface area contributed by atoms with E-state index in [4.69, 9.17) is 9.72 Å². The Morgan fingerprint density at radius 3 is 2.58 bits per heavy atom. The fraction of sp³-hybridized carbons (Fsp3) is 0.263. The van der Waals surface area contributed by atoms with E-state index in [-0.39, 0.29) is 6.10 Å². The molecular formula is C19H20N6O. The molecule has 1 N–H and O–H groups in total. The quantitative estimate of drug-likeness (QED) is 0.777. The summed E-state index contributed by atoms with van der Waals surface area (Å²) in [5.41, 5.74) is 1.84. The molecule has 7 nitrogen and oxygen atoms in total. The fourth-order valence-electron chi connectivity index (χ4n) is 2.91. The number of aromatic nitrogens is 4. The molecule has 7 heteroatoms. The van der Waals surface area contributed by atoms with Gasteiger partial charge in [-0.05, 0) is 37.3 Å². The number of morpholine rings is 1. The van der Waals surface area contributed by atoms with E-state index in [1.165, 1.54) is 0 Å². The van der Waals surface area contributed by atoms with Crippen molar-refractivity contribution < 1.29 is 4.74 Å². The number of rotatable bonds is 4. The fourth-order valence-corrected chi connectivity index (χ4v) is 2.91. The van der Waals surface area contributed by atoms with Crippen LogP contribution < -0.4 is 10.2 Å². The second-order valence-electron chi connectivity index (χ2n) is 6.09. The maximum Gasteiger partial charge on any atom is 0.225 e. The van der Waals surface area contributed by atoms with Crippen molar-refractivity contribution in [2.45, 2.75) is 13.0 Å². The monoisotopic (exact) mass is 348 g/mol. The lowest BCUT2D eigenvalue weighted by atomic mass is 10.2. The molecule has 1 aliphatic heterocycles. The number of pyridine rings is 2. The van der Waals surface area contributed by atoms with Crippen molar-refractivity contribution >= 4 is 17.6 Å². The lowest BCUT2D eigenvalue weighted by Crippen LogP contribution is -2.39. The number of hydrogen-bond donors (Lipinski definition) is 1. The van der Waals surface area contributed by atoms with Gasteiger partial charge in [0.15, 0.2) is 0 Å². The minimum atomic E-state index is -0.125. The highest BCUT2D eigenvalue weighted by Gasteiger charge is 2.24. The third kappa shape index (κ3) is 3.78. The Morgan fingerprint density at radius 2 is 1.77 bits per heavy atom. The molecule has 26 heavy (non-hydrogen) atoms. The smallest absolute Gasteiger partial charge is 0.225 e. The van der Waals surface area contributed by atoms with E-state index in [0.29, 0.717) is 13.2 Å². The van der Waals surface area contributed by atoms with E-state index in [2.05, 4.69) is 25.2 Å². The van der Waals surface area contributed by atoms with E-state index >= 15 is 0 Å². The van der Waals surface area contributed by atoms with Crippen LogP contribution in [-0.2, 0) is 4.74 Å². The highest BCUT2D eigenvalue weighted by molar-refractivity contribution is 5.51. The molecule has 0 spiro atoms. The first kappa shape index (κ1) is 16.4. The number of nitrogens with one attached hydrogen (secondary N) is 1. The van der Waals surface area contributed by atoms with Crippen molar-refractivity contribution in [2.24, 2.45) is 0 Å². The van der Waals surface area contributed by atoms with Crippen LogP contribution in [0, 0.1) is 6.92 Å². The van der Waals surface area contributed by atoms with Crippen LogP contribution in [0.4, 0.5) is 17.6 Å². The number of ether oxygens (including phenoxy) is 1. The minimum Gasteiger partial charge on any atom is -0.368 e. The van der Waals surface area contributed by atoms with Gasteiger partial charge in [-0.1, -0.05) is 12.1 Å². The Morgan fingerprint density at radius 1 is 1.00 bits per heavy atom. The Kier molecular flexibility index (Phi) is 4.70. The van der Waals surface area contributed by atoms with Crippen molar-refractivity contribution in [3.63, 3.8) is 0 Å². The maximum absolute atomic E-state index is 5.94. The summed E-state index contributed by atoms with van der Waals surface area (Å²) < 4.78 is 5.94. The van der Waals surface area contributed by atoms with Crippen LogP contribution in [0.1, 0.15) is 17.5 Å². The molecular weight excluding hydrogens is 328 g/mol. The topological polar surface area (TPSA) is 76.1 Å². The lowest BCUT2D eigenvalue weighted by molar-refractivity contribution is 0.0365. The number of hydrogen-bond acceptors (Lipinski definition) is 7. The molecule has 0 aliphatic carbocycles. The molecule has 1 atom stereocenters. The molecule has 0 radical (unpaired) electrons. The van der Waals surface area contributed by atoms with Gasteiger partial charge in [0, 0.05) is 24.6 Å². The highest BCUT2D eigenvalue weighted by atomic mass is 16.5. The lowest BCUT2D eigenvalue weighted by Gasteiger charge is -2.32. The van der Waals surface area contributed by atoms with Crippen LogP contribution in [0.5, 0.6) is 0 Å². The Bertz CT molecular complexity index is 873. The summed E-state index contributed by atoms with van der Waals surface area (Å²) in [5, 5.41) is 3.25. The molecule has 132 valence electrons. The average molecular weight is 348 g/mol. The number of nitrogens with zero attached hydrogens (tertiary/aromatic N) is 5. The van der Waals surface area contributed by atoms with E-state index in [0.717, 1.165) is 35.5 Å². The van der Waals surface area contributed by atoms with Crippen LogP contribution in [0.3, 0.4) is 0 Å². The molecule has 1 fully saturated rings. The predicted molar refractivity (Wildman–Crippen MR) is 99.4 cm³/mol. The van der Waals surface area contributed by atoms with Gasteiger partial charge >= 0.3 is 0 Å². The Balaban J connectivity index is 1.50. The van der Waals surface area contributed by atoms with Crippen LogP contribution in [-0.4, -0.2) is 39.6 Å². The summed E-state index contributed by atoms with van der Waals surface area (Å²) in [4.78, 5) is 19.9. The summed E-state index contributed by atoms with van der Waals surface area (Å²) in [6, 6.07) is 13.6. The molecule has 0 saturated carbocycles. The van der Waals surface area contributed by atoms with Gasteiger partial charge in [-0.2, -0.15) is 0 Å². The number of anilines is 3. The molecule has 0 bridgehead atoms. The van der Waals surface area contributed by atoms with Gasteiger partial charge in [0.1, 0.15) is 17.7 Å². The van der Waals surface area contributed by atoms with E-state index in [1.54, 1.807) is 12.4 Å². The summed E-state index contributed by atoms with van der Waals surface area (Å²) >= 11 is 0. The first-order valence-electron chi connectivity index (χ1n) is 8.59. The van der Waals surface area contributed by atoms with Gasteiger partial charge in [-0.15, -0.1) is 0 Å². The van der Waals surface area contributed by atoms with Crippen molar-refractivity contribution in [1.29, 1.82) is 0 Å². The zero-order chi connectivity index (χ0) is 17.8. The second kappa shape index (κ2) is 7.45. The summed E-state index contributed by atoms with van der Waals surface area (Å²) in [5.74, 6) is 2.25. The molecule has 0 amide bonds. The SMILES string of the molecule is Cc1cccc(Nc2cccc([C@@H]3CN(c4ncccn4)CCO3)n2)n1. The first-order chi connectivity index (χ1) is 12.8. The molecule has 3 aromatic heterocycles. The van der Waals surface area contributed by atoms with Gasteiger partial charge < -0.3 is 15.0 Å². The standard InChI is InChI=1S/C19H20N6O/c1-14-5-2-7-17(22-14)24-18-8-3-6-15(23-18)16-13-25(11-12-26-16)19-20-9-4-10-21-19/h2-10,16H,11-13H2,1H3,(H,22,23,24)/t16-/m0/s1. The van der Waals surface area contributed by atoms with Gasteiger partial charge in [-0.3, -0.25) is 0 Å². The average Bonchev–Trinajstić information content (AvgIpc) is 2.69. The molecule has 4 rings (SSSR count). The Hall–Kier alpha value is -3.06. The summed E-state index contributed by atoms with van der Waals surface area (Å²) in [7, 11) is 0. The summed E-state index contributed by atoms with van der Waals surface area (Å²) in [6.45, 7) is 4.02. The largest absolute Gasteiger partial charge is 0.368 e. The van der Waals surface area contributed by atoms with Gasteiger partial charge in [0.2, 0.25) is 5.95 Å². The predicted octanol–water partition coefficient (Wildman–Crippen LogP) is 2.90. The molecule has 4 heterocycles. The van der Waals surface area contributed by atoms with Gasteiger partial charge in [-0.25, -0.2) is 19.9 Å². The zero-order valence-corrected chi connectivity index (χ0v) is 14.5. The maximum atomic E-state index is 5.94. The number of aryl methyl sites for hydroxylation is 1. The van der Waals surface area contributed by atoms with Crippen LogP contribution in [0.25, 0.3) is 0 Å². The van der Waals surface area contributed by atoms with E-state index in [9.17, 15) is 0 Å². The first-order valence-corrected chi connectivity index (χ1v) is 8.59. The molecule has 3 aromatic rings.